The number of hydrogen-bond acceptors (Lipinski definition) is 5. The van der Waals surface area contributed by atoms with Gasteiger partial charge in [0.05, 0.1) is 17.0 Å². The van der Waals surface area contributed by atoms with Gasteiger partial charge >= 0.3 is 0 Å². The van der Waals surface area contributed by atoms with Crippen LogP contribution in [0.3, 0.4) is 0 Å². The molecule has 0 amide bonds. The van der Waals surface area contributed by atoms with Crippen LogP contribution in [-0.2, 0) is 0 Å². The maximum Gasteiger partial charge on any atom is 0.198 e. The predicted molar refractivity (Wildman–Crippen MR) is 57.0 cm³/mol. The van der Waals surface area contributed by atoms with Crippen LogP contribution >= 0.6 is 0 Å². The van der Waals surface area contributed by atoms with Crippen LogP contribution in [0, 0.1) is 13.8 Å². The zero-order valence-electron chi connectivity index (χ0n) is 9.01. The van der Waals surface area contributed by atoms with Crippen molar-refractivity contribution in [2.45, 2.75) is 13.8 Å². The smallest absolute Gasteiger partial charge is 0.198 e. The molecule has 0 spiro atoms. The number of aromatic nitrogens is 4. The molecule has 5 nitrogen and oxygen atoms in total. The Morgan fingerprint density at radius 1 is 1.12 bits per heavy atom. The number of ketones is 1. The minimum absolute atomic E-state index is 0.129. The Balaban J connectivity index is 2.46. The van der Waals surface area contributed by atoms with E-state index in [2.05, 4.69) is 20.2 Å². The molecule has 0 bridgehead atoms. The Morgan fingerprint density at radius 2 is 1.81 bits per heavy atom. The van der Waals surface area contributed by atoms with Crippen molar-refractivity contribution in [1.82, 2.24) is 20.2 Å². The van der Waals surface area contributed by atoms with Gasteiger partial charge in [-0.3, -0.25) is 4.79 Å². The summed E-state index contributed by atoms with van der Waals surface area (Å²) in [6.07, 6.45) is 4.37. The zero-order chi connectivity index (χ0) is 11.5. The van der Waals surface area contributed by atoms with E-state index in [0.717, 1.165) is 0 Å². The van der Waals surface area contributed by atoms with Crippen LogP contribution in [0.4, 0.5) is 0 Å². The van der Waals surface area contributed by atoms with Crippen molar-refractivity contribution in [3.05, 3.63) is 47.3 Å². The molecular formula is C11H10N4O. The minimum Gasteiger partial charge on any atom is -0.288 e. The van der Waals surface area contributed by atoms with E-state index in [1.54, 1.807) is 19.9 Å². The van der Waals surface area contributed by atoms with Crippen molar-refractivity contribution in [3.8, 4) is 0 Å². The highest BCUT2D eigenvalue weighted by Crippen LogP contribution is 2.11. The summed E-state index contributed by atoms with van der Waals surface area (Å²) in [6, 6.07) is 1.72. The van der Waals surface area contributed by atoms with Gasteiger partial charge in [-0.15, -0.1) is 0 Å². The normalized spacial score (nSPS) is 10.1. The second-order valence-corrected chi connectivity index (χ2v) is 3.44. The number of carbonyl (C=O) groups excluding carboxylic acids is 1. The highest BCUT2D eigenvalue weighted by atomic mass is 16.1. The maximum absolute atomic E-state index is 12.1. The lowest BCUT2D eigenvalue weighted by Crippen LogP contribution is -2.07. The summed E-state index contributed by atoms with van der Waals surface area (Å²) in [5.41, 5.74) is 2.32. The molecule has 0 radical (unpaired) electrons. The zero-order valence-corrected chi connectivity index (χ0v) is 9.01. The standard InChI is InChI=1S/C11H10N4O/c1-7-3-10(8(2)15-14-7)11(16)9-4-12-6-13-5-9/h3-6H,1-2H3. The van der Waals surface area contributed by atoms with Crippen molar-refractivity contribution >= 4 is 5.78 Å². The topological polar surface area (TPSA) is 68.6 Å². The molecule has 0 aliphatic heterocycles. The molecule has 0 saturated heterocycles. The van der Waals surface area contributed by atoms with E-state index in [1.165, 1.54) is 18.7 Å². The first-order chi connectivity index (χ1) is 7.68. The predicted octanol–water partition coefficient (Wildman–Crippen LogP) is 1.11. The summed E-state index contributed by atoms with van der Waals surface area (Å²) in [6.45, 7) is 3.55. The van der Waals surface area contributed by atoms with Gasteiger partial charge < -0.3 is 0 Å². The van der Waals surface area contributed by atoms with E-state index in [9.17, 15) is 4.79 Å². The summed E-state index contributed by atoms with van der Waals surface area (Å²) in [5.74, 6) is -0.129. The van der Waals surface area contributed by atoms with Gasteiger partial charge in [-0.1, -0.05) is 0 Å². The van der Waals surface area contributed by atoms with E-state index in [-0.39, 0.29) is 5.78 Å². The average molecular weight is 214 g/mol. The summed E-state index contributed by atoms with van der Waals surface area (Å²) in [5, 5.41) is 7.80. The highest BCUT2D eigenvalue weighted by molar-refractivity contribution is 6.09. The SMILES string of the molecule is Cc1cc(C(=O)c2cncnc2)c(C)nn1. The van der Waals surface area contributed by atoms with Gasteiger partial charge in [0.25, 0.3) is 0 Å². The third kappa shape index (κ3) is 1.93. The Labute approximate surface area is 92.6 Å². The first-order valence-electron chi connectivity index (χ1n) is 4.79. The molecule has 0 atom stereocenters. The summed E-state index contributed by atoms with van der Waals surface area (Å²) in [4.78, 5) is 19.7. The van der Waals surface area contributed by atoms with E-state index in [1.807, 2.05) is 0 Å². The molecule has 16 heavy (non-hydrogen) atoms. The molecule has 5 heteroatoms. The number of carbonyl (C=O) groups is 1. The molecule has 0 fully saturated rings. The van der Waals surface area contributed by atoms with Crippen molar-refractivity contribution in [1.29, 1.82) is 0 Å². The van der Waals surface area contributed by atoms with Gasteiger partial charge in [0.15, 0.2) is 5.78 Å². The Morgan fingerprint density at radius 3 is 2.50 bits per heavy atom. The lowest BCUT2D eigenvalue weighted by molar-refractivity contribution is 0.103. The first kappa shape index (κ1) is 10.4. The van der Waals surface area contributed by atoms with Gasteiger partial charge in [-0.2, -0.15) is 10.2 Å². The van der Waals surface area contributed by atoms with Gasteiger partial charge in [0, 0.05) is 18.0 Å². The fourth-order valence-electron chi connectivity index (χ4n) is 1.35. The lowest BCUT2D eigenvalue weighted by atomic mass is 10.1. The quantitative estimate of drug-likeness (QED) is 0.700. The number of hydrogen-bond donors (Lipinski definition) is 0. The van der Waals surface area contributed by atoms with Crippen LogP contribution in [0.25, 0.3) is 0 Å². The summed E-state index contributed by atoms with van der Waals surface area (Å²) >= 11 is 0. The van der Waals surface area contributed by atoms with Gasteiger partial charge in [-0.05, 0) is 19.9 Å². The molecule has 0 saturated carbocycles. The van der Waals surface area contributed by atoms with Crippen LogP contribution in [0.2, 0.25) is 0 Å². The number of rotatable bonds is 2. The Hall–Kier alpha value is -2.17. The molecule has 0 N–H and O–H groups in total. The largest absolute Gasteiger partial charge is 0.288 e. The molecule has 0 unspecified atom stereocenters. The van der Waals surface area contributed by atoms with Crippen LogP contribution in [0.15, 0.2) is 24.8 Å². The van der Waals surface area contributed by atoms with Gasteiger partial charge in [-0.25, -0.2) is 9.97 Å². The number of aryl methyl sites for hydroxylation is 2. The minimum atomic E-state index is -0.129. The highest BCUT2D eigenvalue weighted by Gasteiger charge is 2.13. The van der Waals surface area contributed by atoms with Crippen molar-refractivity contribution < 1.29 is 4.79 Å². The molecule has 0 aliphatic carbocycles. The third-order valence-corrected chi connectivity index (χ3v) is 2.17. The van der Waals surface area contributed by atoms with E-state index >= 15 is 0 Å². The second-order valence-electron chi connectivity index (χ2n) is 3.44. The average Bonchev–Trinajstić information content (AvgIpc) is 2.32. The van der Waals surface area contributed by atoms with Crippen LogP contribution in [0.5, 0.6) is 0 Å². The van der Waals surface area contributed by atoms with Crippen molar-refractivity contribution in [2.24, 2.45) is 0 Å². The van der Waals surface area contributed by atoms with Crippen LogP contribution < -0.4 is 0 Å². The van der Waals surface area contributed by atoms with Crippen molar-refractivity contribution in [2.75, 3.05) is 0 Å². The van der Waals surface area contributed by atoms with Gasteiger partial charge in [0.1, 0.15) is 6.33 Å². The van der Waals surface area contributed by atoms with Crippen LogP contribution in [-0.4, -0.2) is 25.9 Å². The molecule has 2 aromatic rings. The molecule has 2 heterocycles. The molecule has 80 valence electrons. The summed E-state index contributed by atoms with van der Waals surface area (Å²) in [7, 11) is 0. The van der Waals surface area contributed by atoms with Crippen molar-refractivity contribution in [3.63, 3.8) is 0 Å². The number of nitrogens with zero attached hydrogens (tertiary/aromatic N) is 4. The summed E-state index contributed by atoms with van der Waals surface area (Å²) < 4.78 is 0. The fraction of sp³-hybridized carbons (Fsp3) is 0.182. The maximum atomic E-state index is 12.1. The fourth-order valence-corrected chi connectivity index (χ4v) is 1.35. The molecule has 0 aliphatic rings. The third-order valence-electron chi connectivity index (χ3n) is 2.17. The second kappa shape index (κ2) is 4.14. The van der Waals surface area contributed by atoms with E-state index in [4.69, 9.17) is 0 Å². The first-order valence-corrected chi connectivity index (χ1v) is 4.79. The lowest BCUT2D eigenvalue weighted by Gasteiger charge is -2.03. The monoisotopic (exact) mass is 214 g/mol. The molecule has 2 rings (SSSR count). The van der Waals surface area contributed by atoms with Crippen LogP contribution in [0.1, 0.15) is 27.3 Å². The Bertz CT molecular complexity index is 525. The van der Waals surface area contributed by atoms with E-state index < -0.39 is 0 Å². The molecule has 2 aromatic heterocycles. The van der Waals surface area contributed by atoms with Gasteiger partial charge in [0.2, 0.25) is 0 Å². The molecular weight excluding hydrogens is 204 g/mol. The molecule has 0 aromatic carbocycles. The Kier molecular flexibility index (Phi) is 2.68. The van der Waals surface area contributed by atoms with E-state index in [0.29, 0.717) is 22.5 Å².